The van der Waals surface area contributed by atoms with Crippen molar-refractivity contribution in [2.75, 3.05) is 18.8 Å². The highest BCUT2D eigenvalue weighted by Crippen LogP contribution is 2.26. The number of rotatable bonds is 2. The van der Waals surface area contributed by atoms with E-state index in [0.29, 0.717) is 5.69 Å². The van der Waals surface area contributed by atoms with E-state index in [0.717, 1.165) is 48.2 Å². The van der Waals surface area contributed by atoms with Gasteiger partial charge in [0, 0.05) is 38.0 Å². The Bertz CT molecular complexity index is 1140. The molecule has 146 valence electrons. The lowest BCUT2D eigenvalue weighted by atomic mass is 10.1. The molecule has 1 aliphatic heterocycles. The molecule has 28 heavy (non-hydrogen) atoms. The number of aromatic nitrogens is 5. The summed E-state index contributed by atoms with van der Waals surface area (Å²) in [6.07, 6.45) is 9.27. The van der Waals surface area contributed by atoms with Crippen LogP contribution in [-0.4, -0.2) is 47.9 Å². The maximum absolute atomic E-state index is 12.8. The Hall–Kier alpha value is -3.42. The highest BCUT2D eigenvalue weighted by Gasteiger charge is 2.22. The lowest BCUT2D eigenvalue weighted by Gasteiger charge is -2.14. The van der Waals surface area contributed by atoms with Crippen molar-refractivity contribution in [3.05, 3.63) is 48.7 Å². The van der Waals surface area contributed by atoms with Crippen LogP contribution in [0, 0.1) is 0 Å². The molecule has 2 N–H and O–H groups in total. The Morgan fingerprint density at radius 3 is 2.68 bits per heavy atom. The number of amides is 1. The standard InChI is InChI=1S/C18H17N7O.C2H6.H2/c19-18-21-9-14-13(5-8-25(14)22-18)12-3-4-16-20-10-15(24(16)11-12)17(26)23-6-1-2-7-23;1-2;/h3-5,8-11H,1-2,6-7H2,(H2,19,22);1-2H3;1H. The van der Waals surface area contributed by atoms with Crippen LogP contribution >= 0.6 is 0 Å². The minimum Gasteiger partial charge on any atom is -0.367 e. The molecule has 8 heteroatoms. The maximum Gasteiger partial charge on any atom is 0.272 e. The van der Waals surface area contributed by atoms with Crippen LogP contribution in [-0.2, 0) is 0 Å². The zero-order valence-corrected chi connectivity index (χ0v) is 16.0. The van der Waals surface area contributed by atoms with Gasteiger partial charge >= 0.3 is 0 Å². The molecule has 1 fully saturated rings. The van der Waals surface area contributed by atoms with Gasteiger partial charge in [0.05, 0.1) is 17.9 Å². The van der Waals surface area contributed by atoms with Gasteiger partial charge in [-0.1, -0.05) is 13.8 Å². The molecule has 4 aromatic heterocycles. The van der Waals surface area contributed by atoms with E-state index in [1.165, 1.54) is 0 Å². The third-order valence-electron chi connectivity index (χ3n) is 4.86. The summed E-state index contributed by atoms with van der Waals surface area (Å²) in [4.78, 5) is 23.1. The fraction of sp³-hybridized carbons (Fsp3) is 0.300. The summed E-state index contributed by atoms with van der Waals surface area (Å²) in [6.45, 7) is 5.63. The van der Waals surface area contributed by atoms with Gasteiger partial charge in [0.25, 0.3) is 5.91 Å². The molecule has 5 heterocycles. The monoisotopic (exact) mass is 379 g/mol. The van der Waals surface area contributed by atoms with Crippen molar-refractivity contribution >= 4 is 23.0 Å². The van der Waals surface area contributed by atoms with E-state index >= 15 is 0 Å². The Morgan fingerprint density at radius 1 is 1.11 bits per heavy atom. The van der Waals surface area contributed by atoms with Crippen molar-refractivity contribution in [2.45, 2.75) is 26.7 Å². The van der Waals surface area contributed by atoms with Gasteiger partial charge in [-0.3, -0.25) is 9.20 Å². The van der Waals surface area contributed by atoms with Crippen LogP contribution in [0.25, 0.3) is 22.3 Å². The topological polar surface area (TPSA) is 93.8 Å². The lowest BCUT2D eigenvalue weighted by molar-refractivity contribution is 0.0786. The van der Waals surface area contributed by atoms with Gasteiger partial charge < -0.3 is 10.6 Å². The molecule has 0 radical (unpaired) electrons. The Kier molecular flexibility index (Phi) is 4.68. The number of nitrogens with zero attached hydrogens (tertiary/aromatic N) is 6. The number of carbonyl (C=O) groups excluding carboxylic acids is 1. The third kappa shape index (κ3) is 2.96. The molecule has 0 aliphatic carbocycles. The maximum atomic E-state index is 12.8. The van der Waals surface area contributed by atoms with Gasteiger partial charge in [0.15, 0.2) is 0 Å². The first-order chi connectivity index (χ1) is 13.7. The highest BCUT2D eigenvalue weighted by molar-refractivity contribution is 5.93. The van der Waals surface area contributed by atoms with E-state index in [9.17, 15) is 4.79 Å². The van der Waals surface area contributed by atoms with Crippen molar-refractivity contribution in [3.8, 4) is 11.1 Å². The molecule has 0 atom stereocenters. The molecule has 0 aromatic carbocycles. The summed E-state index contributed by atoms with van der Waals surface area (Å²) < 4.78 is 3.56. The second-order valence-corrected chi connectivity index (χ2v) is 6.46. The van der Waals surface area contributed by atoms with Gasteiger partial charge in [-0.2, -0.15) is 0 Å². The van der Waals surface area contributed by atoms with Crippen molar-refractivity contribution in [2.24, 2.45) is 0 Å². The predicted molar refractivity (Wildman–Crippen MR) is 110 cm³/mol. The molecule has 4 aromatic rings. The average molecular weight is 379 g/mol. The van der Waals surface area contributed by atoms with Crippen molar-refractivity contribution in [1.82, 2.24) is 28.9 Å². The molecule has 0 spiro atoms. The fourth-order valence-electron chi connectivity index (χ4n) is 3.54. The van der Waals surface area contributed by atoms with E-state index in [2.05, 4.69) is 15.1 Å². The van der Waals surface area contributed by atoms with Crippen molar-refractivity contribution in [1.29, 1.82) is 0 Å². The van der Waals surface area contributed by atoms with E-state index in [1.807, 2.05) is 53.7 Å². The number of nitrogens with two attached hydrogens (primary N) is 1. The molecule has 1 amide bonds. The number of anilines is 1. The number of hydrogen-bond acceptors (Lipinski definition) is 5. The fourth-order valence-corrected chi connectivity index (χ4v) is 3.54. The Labute approximate surface area is 164 Å². The summed E-state index contributed by atoms with van der Waals surface area (Å²) >= 11 is 0. The normalized spacial score (nSPS) is 13.7. The lowest BCUT2D eigenvalue weighted by Crippen LogP contribution is -2.28. The zero-order valence-electron chi connectivity index (χ0n) is 16.0. The van der Waals surface area contributed by atoms with E-state index in [-0.39, 0.29) is 13.3 Å². The summed E-state index contributed by atoms with van der Waals surface area (Å²) in [5, 5.41) is 4.18. The van der Waals surface area contributed by atoms with Gasteiger partial charge in [-0.15, -0.1) is 5.10 Å². The van der Waals surface area contributed by atoms with Crippen LogP contribution in [0.1, 0.15) is 38.6 Å². The number of fused-ring (bicyclic) bond motifs is 2. The van der Waals surface area contributed by atoms with Crippen molar-refractivity contribution in [3.63, 3.8) is 0 Å². The SMILES string of the molecule is CC.Nc1ncc2c(-c3ccc4ncc(C(=O)N5CCCC5)n4c3)ccn2n1.[HH]. The number of pyridine rings is 1. The number of imidazole rings is 1. The summed E-state index contributed by atoms with van der Waals surface area (Å²) in [6, 6.07) is 5.86. The average Bonchev–Trinajstić information content (AvgIpc) is 3.47. The molecular formula is C20H25N7O. The minimum atomic E-state index is 0. The second-order valence-electron chi connectivity index (χ2n) is 6.46. The van der Waals surface area contributed by atoms with Crippen LogP contribution in [0.5, 0.6) is 0 Å². The van der Waals surface area contributed by atoms with E-state index in [4.69, 9.17) is 5.73 Å². The largest absolute Gasteiger partial charge is 0.367 e. The van der Waals surface area contributed by atoms with Crippen molar-refractivity contribution < 1.29 is 6.22 Å². The molecule has 0 unspecified atom stereocenters. The van der Waals surface area contributed by atoms with Crippen LogP contribution in [0.15, 0.2) is 43.0 Å². The summed E-state index contributed by atoms with van der Waals surface area (Å²) in [7, 11) is 0. The highest BCUT2D eigenvalue weighted by atomic mass is 16.2. The zero-order chi connectivity index (χ0) is 19.7. The molecule has 5 rings (SSSR count). The van der Waals surface area contributed by atoms with Crippen LogP contribution in [0.4, 0.5) is 5.95 Å². The first-order valence-corrected chi connectivity index (χ1v) is 9.57. The molecule has 8 nitrogen and oxygen atoms in total. The number of hydrogen-bond donors (Lipinski definition) is 1. The second kappa shape index (κ2) is 7.30. The van der Waals surface area contributed by atoms with Gasteiger partial charge in [-0.25, -0.2) is 14.5 Å². The molecule has 1 aliphatic rings. The van der Waals surface area contributed by atoms with Gasteiger partial charge in [-0.05, 0) is 31.0 Å². The number of carbonyl (C=O) groups is 1. The van der Waals surface area contributed by atoms with Gasteiger partial charge in [0.2, 0.25) is 5.95 Å². The van der Waals surface area contributed by atoms with Crippen LogP contribution in [0.3, 0.4) is 0 Å². The van der Waals surface area contributed by atoms with Gasteiger partial charge in [0.1, 0.15) is 11.3 Å². The smallest absolute Gasteiger partial charge is 0.272 e. The number of nitrogen functional groups attached to an aromatic ring is 1. The molecule has 1 saturated heterocycles. The summed E-state index contributed by atoms with van der Waals surface area (Å²) in [5.74, 6) is 0.258. The van der Waals surface area contributed by atoms with E-state index in [1.54, 1.807) is 16.9 Å². The quantitative estimate of drug-likeness (QED) is 0.577. The minimum absolute atomic E-state index is 0. The number of likely N-dealkylation sites (tertiary alicyclic amines) is 1. The molecule has 0 bridgehead atoms. The molecular weight excluding hydrogens is 354 g/mol. The summed E-state index contributed by atoms with van der Waals surface area (Å²) in [5.41, 5.74) is 9.77. The van der Waals surface area contributed by atoms with Crippen LogP contribution in [0.2, 0.25) is 0 Å². The Balaban J connectivity index is 0.000000778. The third-order valence-corrected chi connectivity index (χ3v) is 4.86. The van der Waals surface area contributed by atoms with Crippen LogP contribution < -0.4 is 5.73 Å². The predicted octanol–water partition coefficient (Wildman–Crippen LogP) is 3.13. The first kappa shape index (κ1) is 18.0. The molecule has 0 saturated carbocycles. The van der Waals surface area contributed by atoms with E-state index < -0.39 is 0 Å². The first-order valence-electron chi connectivity index (χ1n) is 9.57. The Morgan fingerprint density at radius 2 is 1.89 bits per heavy atom.